The first-order chi connectivity index (χ1) is 14.6. The maximum absolute atomic E-state index is 12.8. The topological polar surface area (TPSA) is 78.3 Å². The smallest absolute Gasteiger partial charge is 0.251 e. The molecule has 2 aromatic rings. The molecule has 3 saturated heterocycles. The van der Waals surface area contributed by atoms with Crippen molar-refractivity contribution in [3.05, 3.63) is 59.3 Å². The summed E-state index contributed by atoms with van der Waals surface area (Å²) >= 11 is 0. The number of nitriles is 1. The van der Waals surface area contributed by atoms with Crippen LogP contribution >= 0.6 is 0 Å². The molecule has 3 fully saturated rings. The fraction of sp³-hybridized carbons (Fsp3) is 0.458. The zero-order valence-electron chi connectivity index (χ0n) is 17.2. The van der Waals surface area contributed by atoms with Gasteiger partial charge in [-0.25, -0.2) is 4.98 Å². The van der Waals surface area contributed by atoms with Crippen molar-refractivity contribution in [2.45, 2.75) is 37.9 Å². The van der Waals surface area contributed by atoms with E-state index in [4.69, 9.17) is 10.00 Å². The van der Waals surface area contributed by atoms with Gasteiger partial charge in [0, 0.05) is 43.2 Å². The Morgan fingerprint density at radius 3 is 3.00 bits per heavy atom. The van der Waals surface area contributed by atoms with Crippen molar-refractivity contribution in [2.24, 2.45) is 11.8 Å². The van der Waals surface area contributed by atoms with Gasteiger partial charge in [0.05, 0.1) is 17.3 Å². The second kappa shape index (κ2) is 7.41. The normalized spacial score (nSPS) is 28.9. The number of nitrogens with zero attached hydrogens (tertiary/aromatic N) is 3. The molecule has 5 rings (SSSR count). The number of carbonyl (C=O) groups is 1. The molecule has 3 aliphatic rings. The number of hydrogen-bond acceptors (Lipinski definition) is 5. The number of carbonyl (C=O) groups excluding carboxylic acids is 1. The predicted molar refractivity (Wildman–Crippen MR) is 113 cm³/mol. The Morgan fingerprint density at radius 2 is 2.23 bits per heavy atom. The fourth-order valence-electron chi connectivity index (χ4n) is 5.63. The molecule has 6 nitrogen and oxygen atoms in total. The van der Waals surface area contributed by atoms with Crippen LogP contribution in [0.4, 0.5) is 5.82 Å². The van der Waals surface area contributed by atoms with Crippen molar-refractivity contribution in [2.75, 3.05) is 24.5 Å². The zero-order chi connectivity index (χ0) is 20.7. The number of hydrogen-bond donors (Lipinski definition) is 1. The molecule has 30 heavy (non-hydrogen) atoms. The molecule has 1 spiro atoms. The third-order valence-electron chi connectivity index (χ3n) is 7.13. The molecule has 3 aliphatic heterocycles. The predicted octanol–water partition coefficient (Wildman–Crippen LogP) is 2.93. The average molecular weight is 402 g/mol. The first-order valence-electron chi connectivity index (χ1n) is 10.8. The largest absolute Gasteiger partial charge is 0.369 e. The number of rotatable bonds is 5. The number of ether oxygens (including phenoxy) is 1. The van der Waals surface area contributed by atoms with Crippen LogP contribution in [0.2, 0.25) is 0 Å². The quantitative estimate of drug-likeness (QED) is 0.832. The maximum Gasteiger partial charge on any atom is 0.251 e. The molecule has 0 unspecified atom stereocenters. The number of benzene rings is 1. The van der Waals surface area contributed by atoms with Crippen LogP contribution in [0.1, 0.15) is 41.3 Å². The Balaban J connectivity index is 1.29. The number of aryl methyl sites for hydroxylation is 1. The summed E-state index contributed by atoms with van der Waals surface area (Å²) in [6.07, 6.45) is 4.82. The highest BCUT2D eigenvalue weighted by atomic mass is 16.5. The van der Waals surface area contributed by atoms with Crippen molar-refractivity contribution in [3.8, 4) is 6.07 Å². The molecular formula is C24H26N4O2. The van der Waals surface area contributed by atoms with E-state index in [1.807, 2.05) is 36.4 Å². The summed E-state index contributed by atoms with van der Waals surface area (Å²) in [6, 6.07) is 13.7. The highest BCUT2D eigenvalue weighted by molar-refractivity contribution is 5.95. The number of aromatic nitrogens is 1. The van der Waals surface area contributed by atoms with Crippen LogP contribution in [0.25, 0.3) is 0 Å². The Labute approximate surface area is 176 Å². The van der Waals surface area contributed by atoms with Crippen LogP contribution in [0.3, 0.4) is 0 Å². The molecule has 2 bridgehead atoms. The van der Waals surface area contributed by atoms with Gasteiger partial charge in [-0.3, -0.25) is 4.79 Å². The lowest BCUT2D eigenvalue weighted by Crippen LogP contribution is -2.42. The molecular weight excluding hydrogens is 376 g/mol. The first kappa shape index (κ1) is 19.1. The van der Waals surface area contributed by atoms with Gasteiger partial charge in [-0.2, -0.15) is 5.26 Å². The molecule has 4 heterocycles. The van der Waals surface area contributed by atoms with Gasteiger partial charge in [-0.05, 0) is 43.0 Å². The van der Waals surface area contributed by atoms with Gasteiger partial charge in [-0.15, -0.1) is 0 Å². The van der Waals surface area contributed by atoms with E-state index in [2.05, 4.69) is 28.2 Å². The van der Waals surface area contributed by atoms with Gasteiger partial charge in [0.25, 0.3) is 5.91 Å². The summed E-state index contributed by atoms with van der Waals surface area (Å²) < 4.78 is 6.50. The van der Waals surface area contributed by atoms with Crippen LogP contribution < -0.4 is 10.2 Å². The number of pyridine rings is 1. The van der Waals surface area contributed by atoms with Crippen LogP contribution in [-0.4, -0.2) is 42.2 Å². The Hall–Kier alpha value is -2.91. The van der Waals surface area contributed by atoms with E-state index in [9.17, 15) is 4.79 Å². The lowest BCUT2D eigenvalue weighted by molar-refractivity contribution is 0.0141. The SMILES string of the molecule is CCc1ccccc1C(=O)NC[C@H]1[C@H]2CN(c3ccc(C#N)cn3)C[C@]23CC[C@H]1O3. The number of fused-ring (bicyclic) bond motifs is 1. The Kier molecular flexibility index (Phi) is 4.71. The minimum absolute atomic E-state index is 0.00730. The number of nitrogens with one attached hydrogen (secondary N) is 1. The number of anilines is 1. The third-order valence-corrected chi connectivity index (χ3v) is 7.13. The van der Waals surface area contributed by atoms with E-state index in [0.717, 1.165) is 49.3 Å². The minimum Gasteiger partial charge on any atom is -0.369 e. The van der Waals surface area contributed by atoms with Crippen LogP contribution in [0.15, 0.2) is 42.6 Å². The Morgan fingerprint density at radius 1 is 1.37 bits per heavy atom. The standard InChI is InChI=1S/C24H26N4O2/c1-2-17-5-3-4-6-18(17)23(29)27-13-19-20-14-28(15-24(20)10-9-21(19)30-24)22-8-7-16(11-25)12-26-22/h3-8,12,19-21H,2,9-10,13-15H2,1H3,(H,27,29)/t19-,20+,21+,24+/m0/s1. The van der Waals surface area contributed by atoms with Crippen LogP contribution in [-0.2, 0) is 11.2 Å². The maximum atomic E-state index is 12.8. The first-order valence-corrected chi connectivity index (χ1v) is 10.8. The van der Waals surface area contributed by atoms with Gasteiger partial charge in [-0.1, -0.05) is 25.1 Å². The number of amides is 1. The third kappa shape index (κ3) is 3.05. The summed E-state index contributed by atoms with van der Waals surface area (Å²) in [4.78, 5) is 19.6. The monoisotopic (exact) mass is 402 g/mol. The Bertz CT molecular complexity index is 999. The summed E-state index contributed by atoms with van der Waals surface area (Å²) in [5.74, 6) is 1.60. The second-order valence-corrected chi connectivity index (χ2v) is 8.65. The molecule has 154 valence electrons. The van der Waals surface area contributed by atoms with E-state index < -0.39 is 0 Å². The zero-order valence-corrected chi connectivity index (χ0v) is 17.2. The highest BCUT2D eigenvalue weighted by Crippen LogP contribution is 2.55. The minimum atomic E-state index is -0.128. The van der Waals surface area contributed by atoms with Gasteiger partial charge in [0.2, 0.25) is 0 Å². The molecule has 0 saturated carbocycles. The molecule has 6 heteroatoms. The van der Waals surface area contributed by atoms with Crippen molar-refractivity contribution in [1.29, 1.82) is 5.26 Å². The van der Waals surface area contributed by atoms with Crippen molar-refractivity contribution < 1.29 is 9.53 Å². The van der Waals surface area contributed by atoms with E-state index >= 15 is 0 Å². The van der Waals surface area contributed by atoms with Crippen LogP contribution in [0, 0.1) is 23.2 Å². The lowest BCUT2D eigenvalue weighted by Gasteiger charge is -2.29. The van der Waals surface area contributed by atoms with Crippen molar-refractivity contribution in [1.82, 2.24) is 10.3 Å². The molecule has 1 N–H and O–H groups in total. The van der Waals surface area contributed by atoms with E-state index in [-0.39, 0.29) is 17.6 Å². The molecule has 0 radical (unpaired) electrons. The molecule has 1 aromatic heterocycles. The summed E-state index contributed by atoms with van der Waals surface area (Å²) in [5.41, 5.74) is 2.29. The van der Waals surface area contributed by atoms with Crippen LogP contribution in [0.5, 0.6) is 0 Å². The second-order valence-electron chi connectivity index (χ2n) is 8.65. The summed E-state index contributed by atoms with van der Waals surface area (Å²) in [7, 11) is 0. The molecule has 1 aromatic carbocycles. The summed E-state index contributed by atoms with van der Waals surface area (Å²) in [5, 5.41) is 12.2. The van der Waals surface area contributed by atoms with E-state index in [0.29, 0.717) is 23.9 Å². The van der Waals surface area contributed by atoms with E-state index in [1.54, 1.807) is 6.20 Å². The van der Waals surface area contributed by atoms with Gasteiger partial charge < -0.3 is 15.0 Å². The highest BCUT2D eigenvalue weighted by Gasteiger charge is 2.63. The molecule has 1 amide bonds. The van der Waals surface area contributed by atoms with Gasteiger partial charge >= 0.3 is 0 Å². The van der Waals surface area contributed by atoms with Crippen molar-refractivity contribution >= 4 is 11.7 Å². The van der Waals surface area contributed by atoms with Crippen molar-refractivity contribution in [3.63, 3.8) is 0 Å². The van der Waals surface area contributed by atoms with Gasteiger partial charge in [0.15, 0.2) is 0 Å². The van der Waals surface area contributed by atoms with Gasteiger partial charge in [0.1, 0.15) is 11.9 Å². The molecule has 4 atom stereocenters. The lowest BCUT2D eigenvalue weighted by atomic mass is 9.73. The average Bonchev–Trinajstić information content (AvgIpc) is 3.46. The van der Waals surface area contributed by atoms with E-state index in [1.165, 1.54) is 0 Å². The fourth-order valence-corrected chi connectivity index (χ4v) is 5.63. The molecule has 0 aliphatic carbocycles. The summed E-state index contributed by atoms with van der Waals surface area (Å²) in [6.45, 7) is 4.42.